The van der Waals surface area contributed by atoms with Crippen LogP contribution in [0.4, 0.5) is 0 Å². The van der Waals surface area contributed by atoms with E-state index in [0.717, 1.165) is 0 Å². The van der Waals surface area contributed by atoms with Crippen LogP contribution in [0.25, 0.3) is 0 Å². The monoisotopic (exact) mass is 380 g/mol. The minimum absolute atomic E-state index is 0.130. The van der Waals surface area contributed by atoms with Crippen LogP contribution < -0.4 is 0 Å². The van der Waals surface area contributed by atoms with Crippen LogP contribution in [0.1, 0.15) is 0 Å². The molecule has 0 aromatic heterocycles. The zero-order chi connectivity index (χ0) is 18.1. The molecule has 0 aromatic rings. The van der Waals surface area contributed by atoms with Crippen LogP contribution >= 0.6 is 0 Å². The molecule has 1 saturated heterocycles. The fourth-order valence-electron chi connectivity index (χ4n) is 2.43. The van der Waals surface area contributed by atoms with Gasteiger partial charge in [0.15, 0.2) is 31.2 Å². The fraction of sp³-hybridized carbons (Fsp3) is 1.00. The molecular formula is C15H36O5Si3. The zero-order valence-electron chi connectivity index (χ0n) is 16.6. The lowest BCUT2D eigenvalue weighted by Crippen LogP contribution is -2.49. The van der Waals surface area contributed by atoms with E-state index in [-0.39, 0.29) is 18.3 Å². The van der Waals surface area contributed by atoms with Crippen molar-refractivity contribution in [2.24, 2.45) is 0 Å². The van der Waals surface area contributed by atoms with E-state index < -0.39 is 31.2 Å². The normalized spacial score (nSPS) is 30.0. The second-order valence-corrected chi connectivity index (χ2v) is 22.5. The quantitative estimate of drug-likeness (QED) is 0.602. The van der Waals surface area contributed by atoms with Crippen molar-refractivity contribution in [1.82, 2.24) is 0 Å². The van der Waals surface area contributed by atoms with Gasteiger partial charge in [0.25, 0.3) is 0 Å². The average Bonchev–Trinajstić information content (AvgIpc) is 2.60. The molecule has 1 aliphatic heterocycles. The molecule has 1 heterocycles. The summed E-state index contributed by atoms with van der Waals surface area (Å²) in [6.07, 6.45) is -0.846. The van der Waals surface area contributed by atoms with Crippen LogP contribution in [0.2, 0.25) is 58.9 Å². The fourth-order valence-corrected chi connectivity index (χ4v) is 5.26. The highest BCUT2D eigenvalue weighted by Crippen LogP contribution is 2.32. The topological polar surface area (TPSA) is 46.2 Å². The van der Waals surface area contributed by atoms with Crippen LogP contribution in [0.3, 0.4) is 0 Å². The Morgan fingerprint density at radius 2 is 1.22 bits per heavy atom. The van der Waals surface area contributed by atoms with E-state index in [1.54, 1.807) is 7.11 Å². The van der Waals surface area contributed by atoms with Gasteiger partial charge in [0.1, 0.15) is 18.3 Å². The molecule has 0 saturated carbocycles. The van der Waals surface area contributed by atoms with Gasteiger partial charge in [-0.1, -0.05) is 0 Å². The van der Waals surface area contributed by atoms with Gasteiger partial charge in [-0.25, -0.2) is 0 Å². The van der Waals surface area contributed by atoms with E-state index in [0.29, 0.717) is 6.61 Å². The Kier molecular flexibility index (Phi) is 7.27. The average molecular weight is 381 g/mol. The molecule has 8 heteroatoms. The summed E-state index contributed by atoms with van der Waals surface area (Å²) < 4.78 is 30.5. The predicted molar refractivity (Wildman–Crippen MR) is 101 cm³/mol. The summed E-state index contributed by atoms with van der Waals surface area (Å²) in [7, 11) is -3.43. The Morgan fingerprint density at radius 1 is 0.739 bits per heavy atom. The molecule has 0 aliphatic carbocycles. The summed E-state index contributed by atoms with van der Waals surface area (Å²) in [4.78, 5) is 0. The van der Waals surface area contributed by atoms with Gasteiger partial charge in [-0.2, -0.15) is 0 Å². The van der Waals surface area contributed by atoms with Crippen LogP contribution in [0.15, 0.2) is 0 Å². The van der Waals surface area contributed by atoms with Gasteiger partial charge in [-0.15, -0.1) is 0 Å². The maximum absolute atomic E-state index is 6.43. The Bertz CT molecular complexity index is 373. The Hall–Kier alpha value is 0.451. The van der Waals surface area contributed by atoms with Gasteiger partial charge in [0.05, 0.1) is 6.61 Å². The highest BCUT2D eigenvalue weighted by Gasteiger charge is 2.49. The molecule has 0 unspecified atom stereocenters. The van der Waals surface area contributed by atoms with Crippen molar-refractivity contribution in [3.05, 3.63) is 0 Å². The lowest BCUT2D eigenvalue weighted by atomic mass is 10.1. The largest absolute Gasteiger partial charge is 0.415 e. The van der Waals surface area contributed by atoms with E-state index in [9.17, 15) is 0 Å². The third-order valence-electron chi connectivity index (χ3n) is 3.16. The van der Waals surface area contributed by atoms with Crippen molar-refractivity contribution in [3.8, 4) is 0 Å². The molecule has 0 amide bonds. The molecule has 0 aromatic carbocycles. The molecule has 0 N–H and O–H groups in total. The van der Waals surface area contributed by atoms with Crippen LogP contribution in [0.5, 0.6) is 0 Å². The van der Waals surface area contributed by atoms with E-state index >= 15 is 0 Å². The molecule has 138 valence electrons. The smallest absolute Gasteiger partial charge is 0.185 e. The number of ether oxygens (including phenoxy) is 2. The van der Waals surface area contributed by atoms with Crippen molar-refractivity contribution >= 4 is 25.0 Å². The van der Waals surface area contributed by atoms with Gasteiger partial charge in [-0.05, 0) is 58.9 Å². The molecule has 4 atom stereocenters. The first kappa shape index (κ1) is 21.5. The lowest BCUT2D eigenvalue weighted by Gasteiger charge is -2.34. The Morgan fingerprint density at radius 3 is 1.61 bits per heavy atom. The molecule has 0 radical (unpaired) electrons. The summed E-state index contributed by atoms with van der Waals surface area (Å²) in [5.41, 5.74) is 0. The first-order chi connectivity index (χ1) is 10.2. The minimum Gasteiger partial charge on any atom is -0.415 e. The lowest BCUT2D eigenvalue weighted by molar-refractivity contribution is -0.149. The highest BCUT2D eigenvalue weighted by molar-refractivity contribution is 6.70. The van der Waals surface area contributed by atoms with Gasteiger partial charge < -0.3 is 22.8 Å². The van der Waals surface area contributed by atoms with Gasteiger partial charge in [0.2, 0.25) is 0 Å². The minimum atomic E-state index is -1.74. The van der Waals surface area contributed by atoms with Crippen molar-refractivity contribution in [3.63, 3.8) is 0 Å². The van der Waals surface area contributed by atoms with E-state index in [2.05, 4.69) is 58.9 Å². The number of hydrogen-bond donors (Lipinski definition) is 0. The van der Waals surface area contributed by atoms with E-state index in [1.807, 2.05) is 0 Å². The third kappa shape index (κ3) is 7.91. The standard InChI is InChI=1S/C15H36O5Si3/c1-16-15-14(20-23(8,9)10)13(19-22(5,6)7)12(18-15)11-17-21(2,3)4/h12-15H,11H2,1-10H3/t12-,13-,14+,15-/m0/s1. The predicted octanol–water partition coefficient (Wildman–Crippen LogP) is 3.65. The zero-order valence-corrected chi connectivity index (χ0v) is 19.6. The molecule has 5 nitrogen and oxygen atoms in total. The number of methoxy groups -OCH3 is 1. The molecule has 1 aliphatic rings. The summed E-state index contributed by atoms with van der Waals surface area (Å²) in [5, 5.41) is 0. The van der Waals surface area contributed by atoms with Crippen molar-refractivity contribution in [2.45, 2.75) is 83.5 Å². The van der Waals surface area contributed by atoms with E-state index in [1.165, 1.54) is 0 Å². The van der Waals surface area contributed by atoms with Gasteiger partial charge in [0, 0.05) is 7.11 Å². The molecule has 23 heavy (non-hydrogen) atoms. The number of rotatable bonds is 8. The molecule has 1 rings (SSSR count). The summed E-state index contributed by atoms with van der Waals surface area (Å²) >= 11 is 0. The van der Waals surface area contributed by atoms with Crippen LogP contribution in [0, 0.1) is 0 Å². The summed E-state index contributed by atoms with van der Waals surface area (Å²) in [6, 6.07) is 0. The SMILES string of the molecule is CO[C@H]1O[C@@H](CO[Si](C)(C)C)[C@H](O[Si](C)(C)C)[C@H]1O[Si](C)(C)C. The van der Waals surface area contributed by atoms with Gasteiger partial charge in [-0.3, -0.25) is 0 Å². The van der Waals surface area contributed by atoms with E-state index in [4.69, 9.17) is 22.8 Å². The van der Waals surface area contributed by atoms with Gasteiger partial charge >= 0.3 is 0 Å². The summed E-state index contributed by atoms with van der Waals surface area (Å²) in [5.74, 6) is 0. The second-order valence-electron chi connectivity index (χ2n) is 9.09. The second kappa shape index (κ2) is 7.77. The molecular weight excluding hydrogens is 344 g/mol. The maximum Gasteiger partial charge on any atom is 0.185 e. The number of hydrogen-bond acceptors (Lipinski definition) is 5. The first-order valence-electron chi connectivity index (χ1n) is 8.40. The van der Waals surface area contributed by atoms with Crippen LogP contribution in [-0.2, 0) is 22.8 Å². The Balaban J connectivity index is 2.95. The van der Waals surface area contributed by atoms with Crippen molar-refractivity contribution in [1.29, 1.82) is 0 Å². The first-order valence-corrected chi connectivity index (χ1v) is 18.6. The summed E-state index contributed by atoms with van der Waals surface area (Å²) in [6.45, 7) is 20.2. The van der Waals surface area contributed by atoms with Crippen molar-refractivity contribution < 1.29 is 22.8 Å². The Labute approximate surface area is 145 Å². The highest BCUT2D eigenvalue weighted by atomic mass is 28.4. The van der Waals surface area contributed by atoms with Crippen molar-refractivity contribution in [2.75, 3.05) is 13.7 Å². The van der Waals surface area contributed by atoms with Crippen LogP contribution in [-0.4, -0.2) is 63.3 Å². The molecule has 0 bridgehead atoms. The molecule has 0 spiro atoms. The maximum atomic E-state index is 6.43. The molecule has 1 fully saturated rings. The third-order valence-corrected chi connectivity index (χ3v) is 6.15.